The van der Waals surface area contributed by atoms with Crippen LogP contribution in [0, 0.1) is 17.7 Å². The normalized spacial score (nSPS) is 23.3. The fourth-order valence-corrected chi connectivity index (χ4v) is 5.21. The molecule has 156 valence electrons. The van der Waals surface area contributed by atoms with Gasteiger partial charge in [-0.3, -0.25) is 0 Å². The summed E-state index contributed by atoms with van der Waals surface area (Å²) in [6.45, 7) is 0. The summed E-state index contributed by atoms with van der Waals surface area (Å²) in [5, 5.41) is 0. The zero-order valence-electron chi connectivity index (χ0n) is 16.4. The number of ether oxygens (including phenoxy) is 1. The SMILES string of the molecule is Fc1cc([C@H]2CC[C@H](C3CCCC3)CC2)ccc1-c1ccc(OC(F)(F)F)cc1. The van der Waals surface area contributed by atoms with Crippen LogP contribution < -0.4 is 4.74 Å². The highest BCUT2D eigenvalue weighted by Crippen LogP contribution is 2.44. The molecule has 0 heterocycles. The number of rotatable bonds is 4. The van der Waals surface area contributed by atoms with Gasteiger partial charge >= 0.3 is 6.36 Å². The highest BCUT2D eigenvalue weighted by Gasteiger charge is 2.31. The van der Waals surface area contributed by atoms with Crippen molar-refractivity contribution in [1.82, 2.24) is 0 Å². The minimum absolute atomic E-state index is 0.308. The van der Waals surface area contributed by atoms with Crippen LogP contribution >= 0.6 is 0 Å². The Morgan fingerprint density at radius 3 is 1.97 bits per heavy atom. The molecule has 2 fully saturated rings. The van der Waals surface area contributed by atoms with E-state index in [-0.39, 0.29) is 11.6 Å². The zero-order valence-corrected chi connectivity index (χ0v) is 16.4. The molecule has 2 aromatic rings. The van der Waals surface area contributed by atoms with Crippen molar-refractivity contribution in [2.75, 3.05) is 0 Å². The molecular formula is C24H26F4O. The van der Waals surface area contributed by atoms with Gasteiger partial charge in [0.1, 0.15) is 11.6 Å². The third kappa shape index (κ3) is 4.93. The van der Waals surface area contributed by atoms with Crippen LogP contribution in [-0.2, 0) is 0 Å². The lowest BCUT2D eigenvalue weighted by molar-refractivity contribution is -0.274. The molecule has 0 N–H and O–H groups in total. The number of alkyl halides is 3. The summed E-state index contributed by atoms with van der Waals surface area (Å²) in [4.78, 5) is 0. The number of hydrogen-bond donors (Lipinski definition) is 0. The molecule has 1 nitrogen and oxygen atoms in total. The Bertz CT molecular complexity index is 814. The van der Waals surface area contributed by atoms with Crippen molar-refractivity contribution in [2.45, 2.75) is 63.6 Å². The molecule has 0 atom stereocenters. The van der Waals surface area contributed by atoms with Gasteiger partial charge in [0.15, 0.2) is 0 Å². The molecule has 4 rings (SSSR count). The topological polar surface area (TPSA) is 9.23 Å². The zero-order chi connectivity index (χ0) is 20.4. The van der Waals surface area contributed by atoms with E-state index in [0.29, 0.717) is 17.0 Å². The van der Waals surface area contributed by atoms with Crippen LogP contribution in [0.4, 0.5) is 17.6 Å². The van der Waals surface area contributed by atoms with E-state index in [1.165, 1.54) is 62.8 Å². The molecule has 0 spiro atoms. The average Bonchev–Trinajstić information content (AvgIpc) is 3.22. The monoisotopic (exact) mass is 406 g/mol. The van der Waals surface area contributed by atoms with E-state index in [1.807, 2.05) is 6.07 Å². The molecule has 0 amide bonds. The van der Waals surface area contributed by atoms with Crippen LogP contribution in [0.25, 0.3) is 11.1 Å². The molecule has 0 saturated heterocycles. The summed E-state index contributed by atoms with van der Waals surface area (Å²) in [5.74, 6) is 1.51. The molecule has 2 aliphatic rings. The molecule has 5 heteroatoms. The van der Waals surface area contributed by atoms with Gasteiger partial charge in [0.25, 0.3) is 0 Å². The van der Waals surface area contributed by atoms with Gasteiger partial charge in [0.05, 0.1) is 0 Å². The maximum atomic E-state index is 14.8. The average molecular weight is 406 g/mol. The summed E-state index contributed by atoms with van der Waals surface area (Å²) in [5.41, 5.74) is 1.97. The number of benzene rings is 2. The van der Waals surface area contributed by atoms with Crippen LogP contribution in [0.1, 0.15) is 62.8 Å². The predicted molar refractivity (Wildman–Crippen MR) is 105 cm³/mol. The van der Waals surface area contributed by atoms with E-state index in [9.17, 15) is 17.6 Å². The third-order valence-corrected chi connectivity index (χ3v) is 6.70. The first-order valence-electron chi connectivity index (χ1n) is 10.5. The molecule has 2 aromatic carbocycles. The quantitative estimate of drug-likeness (QED) is 0.470. The summed E-state index contributed by atoms with van der Waals surface area (Å²) in [6.07, 6.45) is 5.48. The van der Waals surface area contributed by atoms with Crippen molar-refractivity contribution in [1.29, 1.82) is 0 Å². The van der Waals surface area contributed by atoms with E-state index < -0.39 is 6.36 Å². The van der Waals surface area contributed by atoms with Gasteiger partial charge in [0, 0.05) is 5.56 Å². The van der Waals surface area contributed by atoms with Gasteiger partial charge < -0.3 is 4.74 Å². The first-order chi connectivity index (χ1) is 13.9. The first kappa shape index (κ1) is 20.2. The second-order valence-electron chi connectivity index (χ2n) is 8.47. The first-order valence-corrected chi connectivity index (χ1v) is 10.5. The summed E-state index contributed by atoms with van der Waals surface area (Å²) < 4.78 is 55.5. The highest BCUT2D eigenvalue weighted by atomic mass is 19.4. The lowest BCUT2D eigenvalue weighted by atomic mass is 9.73. The van der Waals surface area contributed by atoms with E-state index in [4.69, 9.17) is 0 Å². The van der Waals surface area contributed by atoms with E-state index in [2.05, 4.69) is 4.74 Å². The van der Waals surface area contributed by atoms with Gasteiger partial charge in [-0.05, 0) is 72.8 Å². The molecule has 29 heavy (non-hydrogen) atoms. The lowest BCUT2D eigenvalue weighted by Crippen LogP contribution is -2.19. The van der Waals surface area contributed by atoms with Crippen molar-refractivity contribution in [3.05, 3.63) is 53.8 Å². The summed E-state index contributed by atoms with van der Waals surface area (Å²) in [7, 11) is 0. The molecule has 0 bridgehead atoms. The van der Waals surface area contributed by atoms with Gasteiger partial charge in [-0.1, -0.05) is 49.9 Å². The van der Waals surface area contributed by atoms with E-state index >= 15 is 0 Å². The minimum Gasteiger partial charge on any atom is -0.406 e. The molecular weight excluding hydrogens is 380 g/mol. The maximum absolute atomic E-state index is 14.8. The second-order valence-corrected chi connectivity index (χ2v) is 8.47. The third-order valence-electron chi connectivity index (χ3n) is 6.70. The van der Waals surface area contributed by atoms with E-state index in [1.54, 1.807) is 12.1 Å². The summed E-state index contributed by atoms with van der Waals surface area (Å²) >= 11 is 0. The largest absolute Gasteiger partial charge is 0.573 e. The van der Waals surface area contributed by atoms with Gasteiger partial charge in [-0.2, -0.15) is 0 Å². The van der Waals surface area contributed by atoms with Crippen molar-refractivity contribution in [2.24, 2.45) is 11.8 Å². The van der Waals surface area contributed by atoms with Crippen molar-refractivity contribution >= 4 is 0 Å². The number of hydrogen-bond acceptors (Lipinski definition) is 1. The molecule has 0 aliphatic heterocycles. The van der Waals surface area contributed by atoms with Gasteiger partial charge in [-0.15, -0.1) is 13.2 Å². The molecule has 0 radical (unpaired) electrons. The Balaban J connectivity index is 1.42. The Morgan fingerprint density at radius 2 is 1.38 bits per heavy atom. The predicted octanol–water partition coefficient (Wildman–Crippen LogP) is 7.86. The Morgan fingerprint density at radius 1 is 0.759 bits per heavy atom. The number of halogens is 4. The fourth-order valence-electron chi connectivity index (χ4n) is 5.21. The van der Waals surface area contributed by atoms with Crippen LogP contribution in [0.3, 0.4) is 0 Å². The van der Waals surface area contributed by atoms with Gasteiger partial charge in [0.2, 0.25) is 0 Å². The van der Waals surface area contributed by atoms with Crippen molar-refractivity contribution in [3.63, 3.8) is 0 Å². The fraction of sp³-hybridized carbons (Fsp3) is 0.500. The highest BCUT2D eigenvalue weighted by molar-refractivity contribution is 5.65. The second kappa shape index (κ2) is 8.37. The van der Waals surface area contributed by atoms with Gasteiger partial charge in [-0.25, -0.2) is 4.39 Å². The lowest BCUT2D eigenvalue weighted by Gasteiger charge is -2.32. The standard InChI is InChI=1S/C24H26F4O/c25-23-15-20(18-7-5-17(6-8-18)16-3-1-2-4-16)11-14-22(23)19-9-12-21(13-10-19)29-24(26,27)28/h9-18H,1-8H2/t17-,18-. The Labute approximate surface area is 169 Å². The molecule has 2 aliphatic carbocycles. The smallest absolute Gasteiger partial charge is 0.406 e. The summed E-state index contributed by atoms with van der Waals surface area (Å²) in [6, 6.07) is 10.6. The minimum atomic E-state index is -4.73. The molecule has 2 saturated carbocycles. The van der Waals surface area contributed by atoms with E-state index in [0.717, 1.165) is 30.2 Å². The Hall–Kier alpha value is -2.04. The van der Waals surface area contributed by atoms with Crippen LogP contribution in [-0.4, -0.2) is 6.36 Å². The maximum Gasteiger partial charge on any atom is 0.573 e. The van der Waals surface area contributed by atoms with Crippen LogP contribution in [0.2, 0.25) is 0 Å². The van der Waals surface area contributed by atoms with Crippen molar-refractivity contribution in [3.8, 4) is 16.9 Å². The van der Waals surface area contributed by atoms with Crippen LogP contribution in [0.5, 0.6) is 5.75 Å². The van der Waals surface area contributed by atoms with Crippen LogP contribution in [0.15, 0.2) is 42.5 Å². The van der Waals surface area contributed by atoms with Crippen molar-refractivity contribution < 1.29 is 22.3 Å². The Kier molecular flexibility index (Phi) is 5.84. The molecule has 0 unspecified atom stereocenters. The molecule has 0 aromatic heterocycles.